The molecule has 110 valence electrons. The van der Waals surface area contributed by atoms with E-state index >= 15 is 0 Å². The van der Waals surface area contributed by atoms with Crippen LogP contribution in [0.5, 0.6) is 0 Å². The Morgan fingerprint density at radius 2 is 1.95 bits per heavy atom. The van der Waals surface area contributed by atoms with E-state index in [1.54, 1.807) is 34.6 Å². The number of aliphatic hydroxyl groups excluding tert-OH is 2. The monoisotopic (exact) mass is 289 g/mol. The molecule has 1 rings (SSSR count). The van der Waals surface area contributed by atoms with E-state index in [-0.39, 0.29) is 11.8 Å². The van der Waals surface area contributed by atoms with Crippen LogP contribution in [-0.2, 0) is 9.59 Å². The minimum Gasteiger partial charge on any atom is -0.390 e. The first-order chi connectivity index (χ1) is 8.50. The van der Waals surface area contributed by atoms with Crippen LogP contribution < -0.4 is 5.32 Å². The standard InChI is InChI=1S/C13H23NO4S/c1-6(2)8(15)13(12(4,5)11(18)19)9(16)7(3)10(17)14-13/h6-9,15-16H,1-5H3,(H,14,17)(H,18,19). The highest BCUT2D eigenvalue weighted by molar-refractivity contribution is 7.96. The summed E-state index contributed by atoms with van der Waals surface area (Å²) in [7, 11) is 0. The zero-order chi connectivity index (χ0) is 15.2. The zero-order valence-corrected chi connectivity index (χ0v) is 12.9. The number of thiol groups is 1. The Kier molecular flexibility index (Phi) is 4.39. The van der Waals surface area contributed by atoms with Crippen molar-refractivity contribution in [3.8, 4) is 0 Å². The van der Waals surface area contributed by atoms with Gasteiger partial charge in [0.25, 0.3) is 0 Å². The summed E-state index contributed by atoms with van der Waals surface area (Å²) < 4.78 is 0. The molecule has 4 atom stereocenters. The molecule has 1 heterocycles. The summed E-state index contributed by atoms with van der Waals surface area (Å²) in [5.41, 5.74) is -2.61. The van der Waals surface area contributed by atoms with Gasteiger partial charge < -0.3 is 15.5 Å². The zero-order valence-electron chi connectivity index (χ0n) is 12.0. The predicted octanol–water partition coefficient (Wildman–Crippen LogP) is 0.352. The molecule has 0 aromatic rings. The smallest absolute Gasteiger partial charge is 0.226 e. The molecule has 0 aliphatic carbocycles. The lowest BCUT2D eigenvalue weighted by molar-refractivity contribution is -0.138. The van der Waals surface area contributed by atoms with Crippen molar-refractivity contribution in [3.05, 3.63) is 0 Å². The van der Waals surface area contributed by atoms with Crippen LogP contribution in [0.15, 0.2) is 0 Å². The highest BCUT2D eigenvalue weighted by atomic mass is 32.1. The predicted molar refractivity (Wildman–Crippen MR) is 74.7 cm³/mol. The second kappa shape index (κ2) is 5.07. The third-order valence-corrected chi connectivity index (χ3v) is 4.91. The van der Waals surface area contributed by atoms with Crippen molar-refractivity contribution in [2.45, 2.75) is 52.4 Å². The number of aliphatic hydroxyl groups is 2. The molecule has 1 fully saturated rings. The molecular formula is C13H23NO4S. The molecule has 3 N–H and O–H groups in total. The molecule has 4 unspecified atom stereocenters. The molecule has 0 aromatic heterocycles. The van der Waals surface area contributed by atoms with Gasteiger partial charge in [-0.15, -0.1) is 12.6 Å². The molecule has 19 heavy (non-hydrogen) atoms. The van der Waals surface area contributed by atoms with E-state index in [1.807, 2.05) is 0 Å². The second-order valence-corrected chi connectivity index (χ2v) is 6.62. The van der Waals surface area contributed by atoms with Crippen LogP contribution in [-0.4, -0.2) is 39.0 Å². The number of amides is 1. The van der Waals surface area contributed by atoms with E-state index in [4.69, 9.17) is 0 Å². The van der Waals surface area contributed by atoms with E-state index in [0.717, 1.165) is 0 Å². The fourth-order valence-corrected chi connectivity index (χ4v) is 2.96. The number of hydrogen-bond donors (Lipinski definition) is 4. The number of nitrogens with one attached hydrogen (secondary N) is 1. The summed E-state index contributed by atoms with van der Waals surface area (Å²) in [5, 5.41) is 23.1. The molecule has 0 aromatic carbocycles. The lowest BCUT2D eigenvalue weighted by Gasteiger charge is -2.48. The largest absolute Gasteiger partial charge is 0.390 e. The minimum absolute atomic E-state index is 0.229. The van der Waals surface area contributed by atoms with Crippen molar-refractivity contribution in [2.24, 2.45) is 17.3 Å². The summed E-state index contributed by atoms with van der Waals surface area (Å²) in [6.07, 6.45) is -2.20. The third kappa shape index (κ3) is 2.19. The van der Waals surface area contributed by atoms with Gasteiger partial charge in [0.2, 0.25) is 5.91 Å². The Balaban J connectivity index is 3.44. The van der Waals surface area contributed by atoms with Crippen molar-refractivity contribution in [1.82, 2.24) is 5.32 Å². The summed E-state index contributed by atoms with van der Waals surface area (Å²) in [6, 6.07) is 0. The molecule has 1 amide bonds. The molecule has 0 bridgehead atoms. The number of carbonyl (C=O) groups excluding carboxylic acids is 2. The fraction of sp³-hybridized carbons (Fsp3) is 0.846. The fourth-order valence-electron chi connectivity index (χ4n) is 2.78. The average molecular weight is 289 g/mol. The quantitative estimate of drug-likeness (QED) is 0.563. The molecule has 5 nitrogen and oxygen atoms in total. The Labute approximate surface area is 119 Å². The number of rotatable bonds is 4. The van der Waals surface area contributed by atoms with Crippen LogP contribution in [0.1, 0.15) is 34.6 Å². The summed E-state index contributed by atoms with van der Waals surface area (Å²) >= 11 is 3.86. The van der Waals surface area contributed by atoms with Gasteiger partial charge in [0.15, 0.2) is 5.12 Å². The Hall–Kier alpha value is -0.590. The molecule has 6 heteroatoms. The van der Waals surface area contributed by atoms with Crippen LogP contribution in [0, 0.1) is 17.3 Å². The highest BCUT2D eigenvalue weighted by Crippen LogP contribution is 2.45. The first-order valence-corrected chi connectivity index (χ1v) is 6.86. The van der Waals surface area contributed by atoms with Crippen LogP contribution in [0.25, 0.3) is 0 Å². The van der Waals surface area contributed by atoms with Crippen LogP contribution >= 0.6 is 12.6 Å². The van der Waals surface area contributed by atoms with E-state index < -0.39 is 34.2 Å². The highest BCUT2D eigenvalue weighted by Gasteiger charge is 2.64. The van der Waals surface area contributed by atoms with Crippen molar-refractivity contribution in [2.75, 3.05) is 0 Å². The van der Waals surface area contributed by atoms with Gasteiger partial charge in [0.1, 0.15) is 5.54 Å². The minimum atomic E-state index is -1.42. The lowest BCUT2D eigenvalue weighted by atomic mass is 9.64. The van der Waals surface area contributed by atoms with Gasteiger partial charge in [-0.3, -0.25) is 9.59 Å². The molecule has 0 spiro atoms. The SMILES string of the molecule is CC(C)C(O)C1(C(C)(C)C(=O)S)NC(=O)C(C)C1O. The van der Waals surface area contributed by atoms with Gasteiger partial charge in [-0.05, 0) is 19.8 Å². The second-order valence-electron chi connectivity index (χ2n) is 6.21. The van der Waals surface area contributed by atoms with E-state index in [1.165, 1.54) is 0 Å². The normalized spacial score (nSPS) is 33.4. The van der Waals surface area contributed by atoms with Crippen molar-refractivity contribution in [1.29, 1.82) is 0 Å². The van der Waals surface area contributed by atoms with Gasteiger partial charge in [-0.1, -0.05) is 20.8 Å². The van der Waals surface area contributed by atoms with Crippen molar-refractivity contribution >= 4 is 23.7 Å². The summed E-state index contributed by atoms with van der Waals surface area (Å²) in [6.45, 7) is 8.28. The molecule has 1 saturated heterocycles. The summed E-state index contributed by atoms with van der Waals surface area (Å²) in [5.74, 6) is -1.28. The van der Waals surface area contributed by atoms with Crippen molar-refractivity contribution < 1.29 is 19.8 Å². The molecule has 1 aliphatic heterocycles. The topological polar surface area (TPSA) is 86.6 Å². The van der Waals surface area contributed by atoms with E-state index in [9.17, 15) is 19.8 Å². The molecule has 0 saturated carbocycles. The maximum Gasteiger partial charge on any atom is 0.226 e. The molecule has 0 radical (unpaired) electrons. The van der Waals surface area contributed by atoms with Gasteiger partial charge in [-0.25, -0.2) is 0 Å². The van der Waals surface area contributed by atoms with Gasteiger partial charge in [0.05, 0.1) is 23.5 Å². The van der Waals surface area contributed by atoms with Gasteiger partial charge >= 0.3 is 0 Å². The lowest BCUT2D eigenvalue weighted by Crippen LogP contribution is -2.69. The van der Waals surface area contributed by atoms with E-state index in [2.05, 4.69) is 17.9 Å². The van der Waals surface area contributed by atoms with Crippen LogP contribution in [0.3, 0.4) is 0 Å². The van der Waals surface area contributed by atoms with Gasteiger partial charge in [-0.2, -0.15) is 0 Å². The first kappa shape index (κ1) is 16.5. The number of hydrogen-bond acceptors (Lipinski definition) is 4. The average Bonchev–Trinajstić information content (AvgIpc) is 2.53. The van der Waals surface area contributed by atoms with E-state index in [0.29, 0.717) is 0 Å². The first-order valence-electron chi connectivity index (χ1n) is 6.41. The third-order valence-electron chi connectivity index (χ3n) is 4.35. The Bertz CT molecular complexity index is 394. The Morgan fingerprint density at radius 1 is 1.47 bits per heavy atom. The van der Waals surface area contributed by atoms with Crippen LogP contribution in [0.2, 0.25) is 0 Å². The molecular weight excluding hydrogens is 266 g/mol. The van der Waals surface area contributed by atoms with Gasteiger partial charge in [0, 0.05) is 0 Å². The molecule has 1 aliphatic rings. The maximum absolute atomic E-state index is 11.9. The summed E-state index contributed by atoms with van der Waals surface area (Å²) in [4.78, 5) is 23.7. The number of carbonyl (C=O) groups is 2. The van der Waals surface area contributed by atoms with Crippen LogP contribution in [0.4, 0.5) is 0 Å². The Morgan fingerprint density at radius 3 is 2.21 bits per heavy atom. The van der Waals surface area contributed by atoms with Crippen molar-refractivity contribution in [3.63, 3.8) is 0 Å². The maximum atomic E-state index is 11.9.